The second-order valence-corrected chi connectivity index (χ2v) is 14.4. The van der Waals surface area contributed by atoms with E-state index in [-0.39, 0.29) is 25.7 Å². The van der Waals surface area contributed by atoms with Crippen molar-refractivity contribution in [3.05, 3.63) is 0 Å². The molecule has 60 heavy (non-hydrogen) atoms. The van der Waals surface area contributed by atoms with E-state index < -0.39 is 159 Å². The normalized spacial score (nSPS) is 29.0. The molecule has 15 atom stereocenters. The summed E-state index contributed by atoms with van der Waals surface area (Å²) in [4.78, 5) is 98.1. The Morgan fingerprint density at radius 2 is 1.32 bits per heavy atom. The van der Waals surface area contributed by atoms with Gasteiger partial charge in [-0.25, -0.2) is 4.79 Å². The van der Waals surface area contributed by atoms with Crippen LogP contribution in [0.15, 0.2) is 0 Å². The summed E-state index contributed by atoms with van der Waals surface area (Å²) in [7, 11) is 0. The molecule has 0 aromatic carbocycles. The van der Waals surface area contributed by atoms with E-state index in [0.717, 1.165) is 13.8 Å². The number of rotatable bonds is 23. The first-order valence-electron chi connectivity index (χ1n) is 18.9. The first kappa shape index (κ1) is 51.5. The minimum Gasteiger partial charge on any atom is -0.480 e. The fourth-order valence-corrected chi connectivity index (χ4v) is 6.28. The molecule has 2 fully saturated rings. The van der Waals surface area contributed by atoms with Gasteiger partial charge < -0.3 is 93.4 Å². The molecular formula is C34H58N8O18. The van der Waals surface area contributed by atoms with Gasteiger partial charge in [0.05, 0.1) is 19.3 Å². The van der Waals surface area contributed by atoms with Crippen LogP contribution in [0.4, 0.5) is 0 Å². The highest BCUT2D eigenvalue weighted by molar-refractivity contribution is 5.92. The molecule has 0 aromatic heterocycles. The van der Waals surface area contributed by atoms with Crippen LogP contribution in [0.3, 0.4) is 0 Å². The van der Waals surface area contributed by atoms with Gasteiger partial charge in [0.25, 0.3) is 0 Å². The number of carbonyl (C=O) groups is 8. The van der Waals surface area contributed by atoms with Gasteiger partial charge in [-0.05, 0) is 39.5 Å². The number of hydrogen-bond acceptors (Lipinski definition) is 18. The van der Waals surface area contributed by atoms with E-state index in [2.05, 4.69) is 26.6 Å². The van der Waals surface area contributed by atoms with Crippen molar-refractivity contribution in [1.82, 2.24) is 26.6 Å². The highest BCUT2D eigenvalue weighted by Gasteiger charge is 2.53. The molecule has 26 heteroatoms. The maximum absolute atomic E-state index is 13.4. The first-order chi connectivity index (χ1) is 28.0. The Bertz CT molecular complexity index is 1530. The summed E-state index contributed by atoms with van der Waals surface area (Å²) in [5, 5.41) is 73.1. The number of carboxylic acid groups (broad SMARTS) is 1. The number of aliphatic hydroxyl groups excluding tert-OH is 5. The standard InChI is InChI=1S/C34H58N8O18/c1-12(30(52)42-17(29(37)51)8-9-21(47)41-18(32(54)55)7-5-6-16(35)28(36)50)38-31(53)13(2)57-27-23(40-15(4)46)33(56)58-20(11-44)26(27)60-34-22(39-14(3)45)25(49)24(48)19(10-43)59-34/h12-13,16-20,22-27,33-34,43-44,48-49,56H,5-11,35H2,1-4H3,(H2,36,50)(H2,37,51)(H,38,53)(H,39,45)(H,40,46)(H,41,47)(H,42,52)(H,54,55). The number of carbonyl (C=O) groups excluding carboxylic acids is 7. The zero-order valence-corrected chi connectivity index (χ0v) is 33.4. The largest absolute Gasteiger partial charge is 0.480 e. The van der Waals surface area contributed by atoms with Crippen LogP contribution in [0.2, 0.25) is 0 Å². The summed E-state index contributed by atoms with van der Waals surface area (Å²) >= 11 is 0. The van der Waals surface area contributed by atoms with Crippen LogP contribution >= 0.6 is 0 Å². The molecule has 0 radical (unpaired) electrons. The SMILES string of the molecule is CC(=O)NC1C(OC2C(CO)OC(O)C(NC(C)=O)C2OC(C)C(=O)NC(C)C(=O)NC(CCC(=O)NC(CCCC(N)C(N)=O)C(=O)O)C(N)=O)OC(CO)C(O)C1O. The number of primary amides is 2. The number of amides is 7. The summed E-state index contributed by atoms with van der Waals surface area (Å²) in [6.45, 7) is 2.92. The van der Waals surface area contributed by atoms with Gasteiger partial charge in [-0.2, -0.15) is 0 Å². The van der Waals surface area contributed by atoms with Crippen LogP contribution in [-0.2, 0) is 57.3 Å². The fraction of sp³-hybridized carbons (Fsp3) is 0.765. The number of carboxylic acids is 1. The Labute approximate surface area is 343 Å². The van der Waals surface area contributed by atoms with Gasteiger partial charge in [-0.3, -0.25) is 33.6 Å². The molecule has 342 valence electrons. The number of aliphatic carboxylic acids is 1. The van der Waals surface area contributed by atoms with Crippen molar-refractivity contribution in [1.29, 1.82) is 0 Å². The summed E-state index contributed by atoms with van der Waals surface area (Å²) in [5.41, 5.74) is 16.1. The third-order valence-electron chi connectivity index (χ3n) is 9.57. The second kappa shape index (κ2) is 24.0. The van der Waals surface area contributed by atoms with Crippen molar-refractivity contribution in [2.75, 3.05) is 13.2 Å². The highest BCUT2D eigenvalue weighted by atomic mass is 16.7. The topological polar surface area (TPSA) is 433 Å². The Morgan fingerprint density at radius 3 is 1.85 bits per heavy atom. The van der Waals surface area contributed by atoms with Crippen molar-refractivity contribution < 1.29 is 87.9 Å². The molecule has 17 N–H and O–H groups in total. The van der Waals surface area contributed by atoms with Gasteiger partial charge in [0, 0.05) is 20.3 Å². The van der Waals surface area contributed by atoms with E-state index >= 15 is 0 Å². The van der Waals surface area contributed by atoms with Crippen LogP contribution in [-0.4, -0.2) is 183 Å². The molecule has 26 nitrogen and oxygen atoms in total. The van der Waals surface area contributed by atoms with E-state index in [0.29, 0.717) is 0 Å². The van der Waals surface area contributed by atoms with Crippen molar-refractivity contribution in [2.24, 2.45) is 17.2 Å². The summed E-state index contributed by atoms with van der Waals surface area (Å²) in [6.07, 6.45) is -15.4. The predicted molar refractivity (Wildman–Crippen MR) is 199 cm³/mol. The fourth-order valence-electron chi connectivity index (χ4n) is 6.28. The smallest absolute Gasteiger partial charge is 0.326 e. The van der Waals surface area contributed by atoms with Crippen molar-refractivity contribution in [3.63, 3.8) is 0 Å². The third kappa shape index (κ3) is 15.1. The Morgan fingerprint density at radius 1 is 0.717 bits per heavy atom. The quantitative estimate of drug-likeness (QED) is 0.0453. The number of ether oxygens (including phenoxy) is 4. The average molecular weight is 867 g/mol. The van der Waals surface area contributed by atoms with Crippen LogP contribution in [0, 0.1) is 0 Å². The molecule has 0 saturated carbocycles. The number of hydrogen-bond donors (Lipinski definition) is 14. The summed E-state index contributed by atoms with van der Waals surface area (Å²) in [5.74, 6) is -7.36. The van der Waals surface area contributed by atoms with Gasteiger partial charge in [0.15, 0.2) is 12.6 Å². The molecule has 0 aliphatic carbocycles. The lowest BCUT2D eigenvalue weighted by Gasteiger charge is -2.48. The molecular weight excluding hydrogens is 808 g/mol. The van der Waals surface area contributed by atoms with Gasteiger partial charge >= 0.3 is 5.97 Å². The molecule has 0 aromatic rings. The van der Waals surface area contributed by atoms with E-state index in [1.807, 2.05) is 0 Å². The maximum Gasteiger partial charge on any atom is 0.326 e. The molecule has 2 rings (SSSR count). The van der Waals surface area contributed by atoms with Gasteiger partial charge in [0.1, 0.15) is 72.9 Å². The summed E-state index contributed by atoms with van der Waals surface area (Å²) in [6, 6.07) is -8.23. The minimum atomic E-state index is -1.87. The second-order valence-electron chi connectivity index (χ2n) is 14.4. The Hall–Kier alpha value is -4.64. The molecule has 2 aliphatic rings. The van der Waals surface area contributed by atoms with Gasteiger partial charge in [0.2, 0.25) is 41.4 Å². The van der Waals surface area contributed by atoms with E-state index in [1.54, 1.807) is 0 Å². The predicted octanol–water partition coefficient (Wildman–Crippen LogP) is -7.89. The lowest BCUT2D eigenvalue weighted by Crippen LogP contribution is -2.70. The molecule has 2 heterocycles. The highest BCUT2D eigenvalue weighted by Crippen LogP contribution is 2.31. The lowest BCUT2D eigenvalue weighted by molar-refractivity contribution is -0.333. The number of nitrogens with two attached hydrogens (primary N) is 3. The maximum atomic E-state index is 13.4. The van der Waals surface area contributed by atoms with Crippen molar-refractivity contribution in [2.45, 2.75) is 151 Å². The Balaban J connectivity index is 2.18. The lowest BCUT2D eigenvalue weighted by atomic mass is 9.94. The third-order valence-corrected chi connectivity index (χ3v) is 9.57. The van der Waals surface area contributed by atoms with Crippen LogP contribution in [0.1, 0.15) is 59.8 Å². The van der Waals surface area contributed by atoms with Gasteiger partial charge in [-0.1, -0.05) is 0 Å². The Kier molecular flexibility index (Phi) is 20.6. The van der Waals surface area contributed by atoms with Crippen molar-refractivity contribution in [3.8, 4) is 0 Å². The van der Waals surface area contributed by atoms with E-state index in [4.69, 9.17) is 36.1 Å². The van der Waals surface area contributed by atoms with Crippen LogP contribution in [0.5, 0.6) is 0 Å². The van der Waals surface area contributed by atoms with E-state index in [1.165, 1.54) is 13.8 Å². The number of nitrogens with one attached hydrogen (secondary N) is 5. The molecule has 0 spiro atoms. The molecule has 7 amide bonds. The zero-order valence-electron chi connectivity index (χ0n) is 33.4. The van der Waals surface area contributed by atoms with E-state index in [9.17, 15) is 69.0 Å². The summed E-state index contributed by atoms with van der Waals surface area (Å²) < 4.78 is 23.1. The first-order valence-corrected chi connectivity index (χ1v) is 18.9. The van der Waals surface area contributed by atoms with Crippen LogP contribution in [0.25, 0.3) is 0 Å². The molecule has 0 bridgehead atoms. The minimum absolute atomic E-state index is 0.0712. The average Bonchev–Trinajstić information content (AvgIpc) is 3.16. The molecule has 2 saturated heterocycles. The number of aliphatic hydroxyl groups is 5. The molecule has 15 unspecified atom stereocenters. The monoisotopic (exact) mass is 866 g/mol. The molecule has 2 aliphatic heterocycles. The van der Waals surface area contributed by atoms with Crippen molar-refractivity contribution >= 4 is 47.3 Å². The van der Waals surface area contributed by atoms with Crippen LogP contribution < -0.4 is 43.8 Å². The zero-order chi connectivity index (χ0) is 45.6. The van der Waals surface area contributed by atoms with Gasteiger partial charge in [-0.15, -0.1) is 0 Å².